The molecule has 5 heteroatoms. The van der Waals surface area contributed by atoms with E-state index in [-0.39, 0.29) is 12.5 Å². The van der Waals surface area contributed by atoms with Crippen LogP contribution < -0.4 is 5.73 Å². The second-order valence-corrected chi connectivity index (χ2v) is 6.03. The van der Waals surface area contributed by atoms with Gasteiger partial charge in [-0.25, -0.2) is 0 Å². The Kier molecular flexibility index (Phi) is 4.36. The van der Waals surface area contributed by atoms with Crippen LogP contribution in [-0.2, 0) is 14.3 Å². The predicted molar refractivity (Wildman–Crippen MR) is 89.5 cm³/mol. The van der Waals surface area contributed by atoms with Crippen LogP contribution in [0.25, 0.3) is 11.1 Å². The number of hydrogen-bond donors (Lipinski definition) is 2. The molecule has 2 aromatic rings. The lowest BCUT2D eigenvalue weighted by molar-refractivity contribution is -0.159. The SMILES string of the molecule is CC(N)[C@H](C(=O)O)C(=O)OCC1c2ccccc2-c2ccccc21. The summed E-state index contributed by atoms with van der Waals surface area (Å²) in [6.45, 7) is 1.59. The molecule has 0 amide bonds. The van der Waals surface area contributed by atoms with E-state index in [0.717, 1.165) is 22.3 Å². The van der Waals surface area contributed by atoms with Gasteiger partial charge in [0.1, 0.15) is 6.61 Å². The third-order valence-electron chi connectivity index (χ3n) is 4.40. The largest absolute Gasteiger partial charge is 0.481 e. The highest BCUT2D eigenvalue weighted by Gasteiger charge is 2.34. The molecule has 2 atom stereocenters. The summed E-state index contributed by atoms with van der Waals surface area (Å²) in [5.74, 6) is -3.50. The maximum atomic E-state index is 12.1. The van der Waals surface area contributed by atoms with Crippen molar-refractivity contribution in [3.63, 3.8) is 0 Å². The highest BCUT2D eigenvalue weighted by atomic mass is 16.5. The average Bonchev–Trinajstić information content (AvgIpc) is 2.86. The second-order valence-electron chi connectivity index (χ2n) is 6.03. The number of benzene rings is 2. The minimum atomic E-state index is -1.35. The van der Waals surface area contributed by atoms with Gasteiger partial charge in [-0.15, -0.1) is 0 Å². The van der Waals surface area contributed by atoms with Crippen molar-refractivity contribution in [1.29, 1.82) is 0 Å². The first-order valence-electron chi connectivity index (χ1n) is 7.84. The van der Waals surface area contributed by atoms with Crippen molar-refractivity contribution < 1.29 is 19.4 Å². The standard InChI is InChI=1S/C19H19NO4/c1-11(20)17(18(21)22)19(23)24-10-16-14-8-4-2-6-12(14)13-7-3-5-9-15(13)16/h2-9,11,16-17H,10,20H2,1H3,(H,21,22)/t11?,17-/m1/s1. The van der Waals surface area contributed by atoms with Crippen LogP contribution >= 0.6 is 0 Å². The average molecular weight is 325 g/mol. The van der Waals surface area contributed by atoms with Gasteiger partial charge in [0.2, 0.25) is 0 Å². The zero-order valence-electron chi connectivity index (χ0n) is 13.3. The highest BCUT2D eigenvalue weighted by molar-refractivity contribution is 5.94. The zero-order valence-corrected chi connectivity index (χ0v) is 13.3. The summed E-state index contributed by atoms with van der Waals surface area (Å²) in [6.07, 6.45) is 0. The number of carboxylic acids is 1. The minimum Gasteiger partial charge on any atom is -0.481 e. The van der Waals surface area contributed by atoms with Gasteiger partial charge in [0, 0.05) is 12.0 Å². The Labute approximate surface area is 140 Å². The number of hydrogen-bond acceptors (Lipinski definition) is 4. The number of aliphatic carboxylic acids is 1. The molecular weight excluding hydrogens is 306 g/mol. The quantitative estimate of drug-likeness (QED) is 0.651. The van der Waals surface area contributed by atoms with Crippen molar-refractivity contribution in [1.82, 2.24) is 0 Å². The summed E-state index contributed by atoms with van der Waals surface area (Å²) in [5, 5.41) is 9.14. The molecule has 0 saturated carbocycles. The predicted octanol–water partition coefficient (Wildman–Crippen LogP) is 2.39. The number of ether oxygens (including phenoxy) is 1. The van der Waals surface area contributed by atoms with E-state index in [1.165, 1.54) is 6.92 Å². The molecule has 3 rings (SSSR count). The molecule has 0 radical (unpaired) electrons. The van der Waals surface area contributed by atoms with Crippen molar-refractivity contribution >= 4 is 11.9 Å². The van der Waals surface area contributed by atoms with Crippen LogP contribution in [-0.4, -0.2) is 29.7 Å². The molecule has 1 aliphatic carbocycles. The van der Waals surface area contributed by atoms with E-state index in [1.54, 1.807) is 0 Å². The number of fused-ring (bicyclic) bond motifs is 3. The van der Waals surface area contributed by atoms with Crippen LogP contribution in [0, 0.1) is 5.92 Å². The van der Waals surface area contributed by atoms with Crippen molar-refractivity contribution in [2.45, 2.75) is 18.9 Å². The normalized spacial score (nSPS) is 15.2. The molecule has 0 aromatic heterocycles. The molecular formula is C19H19NO4. The van der Waals surface area contributed by atoms with Crippen molar-refractivity contribution in [2.75, 3.05) is 6.61 Å². The summed E-state index contributed by atoms with van der Waals surface area (Å²) in [4.78, 5) is 23.3. The first-order valence-corrected chi connectivity index (χ1v) is 7.84. The first kappa shape index (κ1) is 16.2. The van der Waals surface area contributed by atoms with Gasteiger partial charge in [0.25, 0.3) is 0 Å². The summed E-state index contributed by atoms with van der Waals surface area (Å²) in [6, 6.07) is 15.1. The Bertz CT molecular complexity index is 739. The second kappa shape index (κ2) is 6.45. The molecule has 0 heterocycles. The van der Waals surface area contributed by atoms with Crippen LogP contribution in [0.3, 0.4) is 0 Å². The number of esters is 1. The summed E-state index contributed by atoms with van der Waals surface area (Å²) in [7, 11) is 0. The maximum absolute atomic E-state index is 12.1. The van der Waals surface area contributed by atoms with Gasteiger partial charge < -0.3 is 15.6 Å². The number of carbonyl (C=O) groups is 2. The fraction of sp³-hybridized carbons (Fsp3) is 0.263. The van der Waals surface area contributed by atoms with Gasteiger partial charge in [0.05, 0.1) is 0 Å². The Morgan fingerprint density at radius 2 is 1.58 bits per heavy atom. The molecule has 5 nitrogen and oxygen atoms in total. The molecule has 0 aliphatic heterocycles. The Balaban J connectivity index is 1.83. The topological polar surface area (TPSA) is 89.6 Å². The fourth-order valence-corrected chi connectivity index (χ4v) is 3.23. The van der Waals surface area contributed by atoms with Crippen LogP contribution in [0.15, 0.2) is 48.5 Å². The molecule has 0 fully saturated rings. The molecule has 2 aromatic carbocycles. The molecule has 0 saturated heterocycles. The van der Waals surface area contributed by atoms with E-state index in [4.69, 9.17) is 15.6 Å². The third kappa shape index (κ3) is 2.78. The fourth-order valence-electron chi connectivity index (χ4n) is 3.23. The lowest BCUT2D eigenvalue weighted by Gasteiger charge is -2.18. The van der Waals surface area contributed by atoms with Gasteiger partial charge in [-0.1, -0.05) is 48.5 Å². The van der Waals surface area contributed by atoms with Crippen molar-refractivity contribution in [2.24, 2.45) is 11.7 Å². The Morgan fingerprint density at radius 1 is 1.08 bits per heavy atom. The first-order chi connectivity index (χ1) is 11.5. The molecule has 1 unspecified atom stereocenters. The molecule has 24 heavy (non-hydrogen) atoms. The number of nitrogens with two attached hydrogens (primary N) is 1. The summed E-state index contributed by atoms with van der Waals surface area (Å²) < 4.78 is 5.32. The van der Waals surface area contributed by atoms with E-state index in [9.17, 15) is 9.59 Å². The molecule has 124 valence electrons. The van der Waals surface area contributed by atoms with E-state index in [1.807, 2.05) is 48.5 Å². The van der Waals surface area contributed by atoms with E-state index >= 15 is 0 Å². The lowest BCUT2D eigenvalue weighted by Crippen LogP contribution is -2.40. The highest BCUT2D eigenvalue weighted by Crippen LogP contribution is 2.44. The maximum Gasteiger partial charge on any atom is 0.321 e. The van der Waals surface area contributed by atoms with Gasteiger partial charge in [-0.2, -0.15) is 0 Å². The van der Waals surface area contributed by atoms with Gasteiger partial charge >= 0.3 is 11.9 Å². The van der Waals surface area contributed by atoms with Gasteiger partial charge in [-0.3, -0.25) is 9.59 Å². The third-order valence-corrected chi connectivity index (χ3v) is 4.40. The van der Waals surface area contributed by atoms with Gasteiger partial charge in [-0.05, 0) is 29.2 Å². The molecule has 3 N–H and O–H groups in total. The molecule has 0 spiro atoms. The number of rotatable bonds is 5. The summed E-state index contributed by atoms with van der Waals surface area (Å²) in [5.41, 5.74) is 10.0. The smallest absolute Gasteiger partial charge is 0.321 e. The monoisotopic (exact) mass is 325 g/mol. The van der Waals surface area contributed by atoms with Crippen molar-refractivity contribution in [3.8, 4) is 11.1 Å². The van der Waals surface area contributed by atoms with Crippen LogP contribution in [0.2, 0.25) is 0 Å². The number of carboxylic acid groups (broad SMARTS) is 1. The van der Waals surface area contributed by atoms with E-state index in [2.05, 4.69) is 0 Å². The molecule has 0 bridgehead atoms. The van der Waals surface area contributed by atoms with Crippen LogP contribution in [0.5, 0.6) is 0 Å². The molecule has 1 aliphatic rings. The van der Waals surface area contributed by atoms with E-state index in [0.29, 0.717) is 0 Å². The Morgan fingerprint density at radius 3 is 2.04 bits per heavy atom. The zero-order chi connectivity index (χ0) is 17.3. The Hall–Kier alpha value is -2.66. The van der Waals surface area contributed by atoms with E-state index < -0.39 is 23.9 Å². The van der Waals surface area contributed by atoms with Crippen LogP contribution in [0.1, 0.15) is 24.0 Å². The lowest BCUT2D eigenvalue weighted by atomic mass is 9.98. The minimum absolute atomic E-state index is 0.0936. The summed E-state index contributed by atoms with van der Waals surface area (Å²) >= 11 is 0. The number of carbonyl (C=O) groups excluding carboxylic acids is 1. The van der Waals surface area contributed by atoms with Crippen LogP contribution in [0.4, 0.5) is 0 Å². The van der Waals surface area contributed by atoms with Crippen molar-refractivity contribution in [3.05, 3.63) is 59.7 Å². The van der Waals surface area contributed by atoms with Gasteiger partial charge in [0.15, 0.2) is 5.92 Å².